The van der Waals surface area contributed by atoms with Gasteiger partial charge < -0.3 is 9.47 Å². The van der Waals surface area contributed by atoms with Gasteiger partial charge in [-0.05, 0) is 43.0 Å². The molecule has 1 aliphatic rings. The number of hydrogen-bond donors (Lipinski definition) is 0. The molecule has 17 heavy (non-hydrogen) atoms. The number of aryl methyl sites for hydroxylation is 1. The van der Waals surface area contributed by atoms with E-state index < -0.39 is 0 Å². The molecule has 1 aromatic carbocycles. The van der Waals surface area contributed by atoms with Gasteiger partial charge in [0.1, 0.15) is 5.75 Å². The van der Waals surface area contributed by atoms with Gasteiger partial charge in [0.15, 0.2) is 0 Å². The highest BCUT2D eigenvalue weighted by molar-refractivity contribution is 9.10. The summed E-state index contributed by atoms with van der Waals surface area (Å²) in [5.41, 5.74) is 1.23. The highest BCUT2D eigenvalue weighted by Gasteiger charge is 2.20. The molecule has 2 rings (SSSR count). The van der Waals surface area contributed by atoms with Crippen LogP contribution in [0.2, 0.25) is 0 Å². The minimum atomic E-state index is -0.171. The summed E-state index contributed by atoms with van der Waals surface area (Å²) in [5.74, 6) is 0.768. The summed E-state index contributed by atoms with van der Waals surface area (Å²) in [7, 11) is 1.41. The minimum Gasteiger partial charge on any atom is -0.490 e. The summed E-state index contributed by atoms with van der Waals surface area (Å²) in [6.45, 7) is 0. The first-order chi connectivity index (χ1) is 8.19. The van der Waals surface area contributed by atoms with Crippen molar-refractivity contribution in [3.05, 3.63) is 28.2 Å². The Morgan fingerprint density at radius 3 is 3.18 bits per heavy atom. The smallest absolute Gasteiger partial charge is 0.305 e. The van der Waals surface area contributed by atoms with Crippen LogP contribution in [-0.2, 0) is 16.0 Å². The Balaban J connectivity index is 1.94. The number of methoxy groups -OCH3 is 1. The van der Waals surface area contributed by atoms with E-state index >= 15 is 0 Å². The molecule has 1 aromatic rings. The number of halogens is 1. The molecular formula is C13H15BrO3. The lowest BCUT2D eigenvalue weighted by Crippen LogP contribution is -2.23. The fourth-order valence-corrected chi connectivity index (χ4v) is 2.41. The molecule has 1 aliphatic heterocycles. The molecule has 92 valence electrons. The fourth-order valence-electron chi connectivity index (χ4n) is 2.00. The Morgan fingerprint density at radius 2 is 2.41 bits per heavy atom. The number of fused-ring (bicyclic) bond motifs is 1. The topological polar surface area (TPSA) is 35.5 Å². The van der Waals surface area contributed by atoms with E-state index in [4.69, 9.17) is 4.74 Å². The largest absolute Gasteiger partial charge is 0.490 e. The molecule has 1 atom stereocenters. The molecule has 0 radical (unpaired) electrons. The highest BCUT2D eigenvalue weighted by Crippen LogP contribution is 2.31. The molecule has 0 aromatic heterocycles. The summed E-state index contributed by atoms with van der Waals surface area (Å²) >= 11 is 3.45. The van der Waals surface area contributed by atoms with Crippen LogP contribution < -0.4 is 4.74 Å². The van der Waals surface area contributed by atoms with Crippen molar-refractivity contribution in [3.63, 3.8) is 0 Å². The number of rotatable bonds is 3. The molecule has 0 bridgehead atoms. The Labute approximate surface area is 109 Å². The van der Waals surface area contributed by atoms with E-state index in [2.05, 4.69) is 26.7 Å². The standard InChI is InChI=1S/C13H15BrO3/c1-16-13(15)7-5-11-4-2-9-8-10(14)3-6-12(9)17-11/h3,6,8,11H,2,4-5,7H2,1H3. The molecule has 0 aliphatic carbocycles. The molecule has 0 amide bonds. The van der Waals surface area contributed by atoms with Crippen LogP contribution in [0, 0.1) is 0 Å². The van der Waals surface area contributed by atoms with Gasteiger partial charge in [0.2, 0.25) is 0 Å². The number of ether oxygens (including phenoxy) is 2. The van der Waals surface area contributed by atoms with Crippen molar-refractivity contribution < 1.29 is 14.3 Å². The van der Waals surface area contributed by atoms with Gasteiger partial charge in [0.05, 0.1) is 13.2 Å². The van der Waals surface area contributed by atoms with Crippen LogP contribution in [0.15, 0.2) is 22.7 Å². The van der Waals surface area contributed by atoms with Crippen LogP contribution in [0.3, 0.4) is 0 Å². The molecular weight excluding hydrogens is 284 g/mol. The van der Waals surface area contributed by atoms with E-state index in [-0.39, 0.29) is 12.1 Å². The fraction of sp³-hybridized carbons (Fsp3) is 0.462. The van der Waals surface area contributed by atoms with Crippen LogP contribution in [0.5, 0.6) is 5.75 Å². The molecule has 0 saturated carbocycles. The third kappa shape index (κ3) is 3.22. The average Bonchev–Trinajstić information content (AvgIpc) is 2.35. The van der Waals surface area contributed by atoms with E-state index in [1.54, 1.807) is 0 Å². The third-order valence-electron chi connectivity index (χ3n) is 2.95. The van der Waals surface area contributed by atoms with E-state index in [1.165, 1.54) is 12.7 Å². The summed E-state index contributed by atoms with van der Waals surface area (Å²) < 4.78 is 11.6. The second kappa shape index (κ2) is 5.54. The Bertz CT molecular complexity index is 417. The zero-order valence-corrected chi connectivity index (χ0v) is 11.3. The number of carbonyl (C=O) groups excluding carboxylic acids is 1. The van der Waals surface area contributed by atoms with Crippen LogP contribution in [-0.4, -0.2) is 19.2 Å². The normalized spacial score (nSPS) is 18.1. The van der Waals surface area contributed by atoms with Crippen LogP contribution in [0.1, 0.15) is 24.8 Å². The number of hydrogen-bond acceptors (Lipinski definition) is 3. The van der Waals surface area contributed by atoms with Crippen molar-refractivity contribution in [2.75, 3.05) is 7.11 Å². The summed E-state index contributed by atoms with van der Waals surface area (Å²) in [4.78, 5) is 11.1. The first-order valence-corrected chi connectivity index (χ1v) is 6.50. The van der Waals surface area contributed by atoms with Crippen molar-refractivity contribution in [1.29, 1.82) is 0 Å². The van der Waals surface area contributed by atoms with Gasteiger partial charge in [0, 0.05) is 10.9 Å². The van der Waals surface area contributed by atoms with Gasteiger partial charge in [-0.2, -0.15) is 0 Å². The first kappa shape index (κ1) is 12.4. The Hall–Kier alpha value is -1.03. The molecule has 0 saturated heterocycles. The number of benzene rings is 1. The average molecular weight is 299 g/mol. The summed E-state index contributed by atoms with van der Waals surface area (Å²) in [5, 5.41) is 0. The van der Waals surface area contributed by atoms with E-state index in [0.717, 1.165) is 29.5 Å². The summed E-state index contributed by atoms with van der Waals surface area (Å²) in [6, 6.07) is 6.04. The summed E-state index contributed by atoms with van der Waals surface area (Å²) in [6.07, 6.45) is 3.23. The van der Waals surface area contributed by atoms with E-state index in [0.29, 0.717) is 6.42 Å². The number of carbonyl (C=O) groups is 1. The SMILES string of the molecule is COC(=O)CCC1CCc2cc(Br)ccc2O1. The van der Waals surface area contributed by atoms with Crippen molar-refractivity contribution >= 4 is 21.9 Å². The van der Waals surface area contributed by atoms with Gasteiger partial charge in [-0.25, -0.2) is 0 Å². The van der Waals surface area contributed by atoms with Gasteiger partial charge in [-0.15, -0.1) is 0 Å². The predicted octanol–water partition coefficient (Wildman–Crippen LogP) is 3.10. The predicted molar refractivity (Wildman–Crippen MR) is 68.1 cm³/mol. The second-order valence-corrected chi connectivity index (χ2v) is 5.06. The maximum Gasteiger partial charge on any atom is 0.305 e. The van der Waals surface area contributed by atoms with Gasteiger partial charge in [0.25, 0.3) is 0 Å². The molecule has 0 spiro atoms. The third-order valence-corrected chi connectivity index (χ3v) is 3.44. The molecule has 0 N–H and O–H groups in total. The van der Waals surface area contributed by atoms with E-state index in [1.807, 2.05) is 12.1 Å². The van der Waals surface area contributed by atoms with E-state index in [9.17, 15) is 4.79 Å². The Morgan fingerprint density at radius 1 is 1.59 bits per heavy atom. The van der Waals surface area contributed by atoms with Crippen molar-refractivity contribution in [2.45, 2.75) is 31.8 Å². The lowest BCUT2D eigenvalue weighted by atomic mass is 10.00. The number of esters is 1. The molecule has 4 heteroatoms. The molecule has 0 fully saturated rings. The first-order valence-electron chi connectivity index (χ1n) is 5.71. The monoisotopic (exact) mass is 298 g/mol. The highest BCUT2D eigenvalue weighted by atomic mass is 79.9. The van der Waals surface area contributed by atoms with Gasteiger partial charge in [-0.3, -0.25) is 4.79 Å². The molecule has 1 heterocycles. The van der Waals surface area contributed by atoms with Crippen LogP contribution >= 0.6 is 15.9 Å². The zero-order chi connectivity index (χ0) is 12.3. The zero-order valence-electron chi connectivity index (χ0n) is 9.74. The van der Waals surface area contributed by atoms with Crippen molar-refractivity contribution in [2.24, 2.45) is 0 Å². The molecule has 3 nitrogen and oxygen atoms in total. The van der Waals surface area contributed by atoms with Crippen LogP contribution in [0.25, 0.3) is 0 Å². The maximum atomic E-state index is 11.1. The van der Waals surface area contributed by atoms with Crippen LogP contribution in [0.4, 0.5) is 0 Å². The van der Waals surface area contributed by atoms with Crippen molar-refractivity contribution in [3.8, 4) is 5.75 Å². The minimum absolute atomic E-state index is 0.128. The van der Waals surface area contributed by atoms with Gasteiger partial charge >= 0.3 is 5.97 Å². The quantitative estimate of drug-likeness (QED) is 0.805. The lowest BCUT2D eigenvalue weighted by Gasteiger charge is -2.26. The molecule has 1 unspecified atom stereocenters. The maximum absolute atomic E-state index is 11.1. The lowest BCUT2D eigenvalue weighted by molar-refractivity contribution is -0.141. The second-order valence-electron chi connectivity index (χ2n) is 4.15. The Kier molecular flexibility index (Phi) is 4.05. The van der Waals surface area contributed by atoms with Crippen molar-refractivity contribution in [1.82, 2.24) is 0 Å². The van der Waals surface area contributed by atoms with Gasteiger partial charge in [-0.1, -0.05) is 15.9 Å².